The zero-order valence-corrected chi connectivity index (χ0v) is 9.18. The van der Waals surface area contributed by atoms with Gasteiger partial charge in [0, 0.05) is 38.4 Å². The van der Waals surface area contributed by atoms with E-state index in [1.807, 2.05) is 4.90 Å². The number of nitrogen functional groups attached to an aromatic ring is 1. The Balaban J connectivity index is 2.04. The number of rotatable bonds is 2. The first-order chi connectivity index (χ1) is 7.66. The molecular formula is C10H15N5O. The molecule has 2 rings (SSSR count). The Kier molecular flexibility index (Phi) is 2.89. The minimum atomic E-state index is -0.000956. The van der Waals surface area contributed by atoms with E-state index < -0.39 is 0 Å². The smallest absolute Gasteiger partial charge is 0.217 e. The molecule has 0 bridgehead atoms. The van der Waals surface area contributed by atoms with E-state index in [0.717, 1.165) is 19.5 Å². The topological polar surface area (TPSA) is 84.1 Å². The Morgan fingerprint density at radius 2 is 2.31 bits per heavy atom. The maximum Gasteiger partial charge on any atom is 0.217 e. The Morgan fingerprint density at radius 3 is 3.00 bits per heavy atom. The van der Waals surface area contributed by atoms with E-state index in [2.05, 4.69) is 15.3 Å². The molecule has 6 heteroatoms. The van der Waals surface area contributed by atoms with Crippen molar-refractivity contribution >= 4 is 17.5 Å². The fourth-order valence-electron chi connectivity index (χ4n) is 1.94. The van der Waals surface area contributed by atoms with Crippen LogP contribution in [0.3, 0.4) is 0 Å². The number of carbonyl (C=O) groups is 1. The summed E-state index contributed by atoms with van der Waals surface area (Å²) in [7, 11) is 0. The Labute approximate surface area is 93.9 Å². The Morgan fingerprint density at radius 1 is 1.56 bits per heavy atom. The highest BCUT2D eigenvalue weighted by atomic mass is 16.1. The minimum Gasteiger partial charge on any atom is -0.381 e. The van der Waals surface area contributed by atoms with Gasteiger partial charge in [0.25, 0.3) is 0 Å². The first kappa shape index (κ1) is 10.7. The molecule has 1 saturated heterocycles. The van der Waals surface area contributed by atoms with Crippen LogP contribution in [-0.4, -0.2) is 35.0 Å². The molecule has 1 aliphatic heterocycles. The van der Waals surface area contributed by atoms with E-state index in [0.29, 0.717) is 11.6 Å². The summed E-state index contributed by atoms with van der Waals surface area (Å²) in [4.78, 5) is 21.2. The van der Waals surface area contributed by atoms with Gasteiger partial charge in [0.2, 0.25) is 5.91 Å². The highest BCUT2D eigenvalue weighted by Gasteiger charge is 2.25. The zero-order chi connectivity index (χ0) is 11.5. The average molecular weight is 221 g/mol. The van der Waals surface area contributed by atoms with E-state index in [-0.39, 0.29) is 11.9 Å². The van der Waals surface area contributed by atoms with Gasteiger partial charge in [0.1, 0.15) is 0 Å². The summed E-state index contributed by atoms with van der Waals surface area (Å²) in [5, 5.41) is 2.89. The monoisotopic (exact) mass is 221 g/mol. The van der Waals surface area contributed by atoms with Crippen molar-refractivity contribution in [3.63, 3.8) is 0 Å². The second-order valence-electron chi connectivity index (χ2n) is 3.90. The van der Waals surface area contributed by atoms with Crippen molar-refractivity contribution in [3.05, 3.63) is 12.4 Å². The van der Waals surface area contributed by atoms with Crippen LogP contribution in [0.15, 0.2) is 12.4 Å². The molecule has 1 atom stereocenters. The third-order valence-corrected chi connectivity index (χ3v) is 2.60. The summed E-state index contributed by atoms with van der Waals surface area (Å²) in [6.45, 7) is 3.11. The molecule has 6 nitrogen and oxygen atoms in total. The van der Waals surface area contributed by atoms with Gasteiger partial charge in [-0.25, -0.2) is 9.97 Å². The molecule has 1 fully saturated rings. The van der Waals surface area contributed by atoms with E-state index >= 15 is 0 Å². The summed E-state index contributed by atoms with van der Waals surface area (Å²) in [6, 6.07) is 0.180. The van der Waals surface area contributed by atoms with Gasteiger partial charge in [0.05, 0.1) is 0 Å². The summed E-state index contributed by atoms with van der Waals surface area (Å²) in [6.07, 6.45) is 4.10. The summed E-state index contributed by atoms with van der Waals surface area (Å²) in [5.74, 6) is 1.14. The average Bonchev–Trinajstić information content (AvgIpc) is 2.66. The highest BCUT2D eigenvalue weighted by molar-refractivity contribution is 5.73. The Hall–Kier alpha value is -1.85. The van der Waals surface area contributed by atoms with Crippen LogP contribution in [0, 0.1) is 0 Å². The van der Waals surface area contributed by atoms with Crippen LogP contribution in [0.25, 0.3) is 0 Å². The lowest BCUT2D eigenvalue weighted by atomic mass is 10.3. The predicted molar refractivity (Wildman–Crippen MR) is 60.9 cm³/mol. The van der Waals surface area contributed by atoms with Crippen molar-refractivity contribution in [1.82, 2.24) is 15.3 Å². The molecule has 1 unspecified atom stereocenters. The molecule has 0 aromatic carbocycles. The van der Waals surface area contributed by atoms with Crippen molar-refractivity contribution in [2.75, 3.05) is 23.7 Å². The number of hydrogen-bond acceptors (Lipinski definition) is 5. The molecule has 0 saturated carbocycles. The number of hydrogen-bond donors (Lipinski definition) is 2. The number of nitrogens with two attached hydrogens (primary N) is 1. The predicted octanol–water partition coefficient (Wildman–Crippen LogP) is -0.226. The van der Waals surface area contributed by atoms with Gasteiger partial charge < -0.3 is 16.0 Å². The van der Waals surface area contributed by atoms with Crippen LogP contribution >= 0.6 is 0 Å². The maximum absolute atomic E-state index is 10.9. The zero-order valence-electron chi connectivity index (χ0n) is 9.18. The molecule has 16 heavy (non-hydrogen) atoms. The third kappa shape index (κ3) is 2.21. The van der Waals surface area contributed by atoms with Crippen LogP contribution in [0.4, 0.5) is 11.6 Å². The molecule has 1 aromatic rings. The van der Waals surface area contributed by atoms with Gasteiger partial charge >= 0.3 is 0 Å². The number of amides is 1. The first-order valence-corrected chi connectivity index (χ1v) is 5.25. The van der Waals surface area contributed by atoms with Crippen molar-refractivity contribution in [2.24, 2.45) is 0 Å². The highest BCUT2D eigenvalue weighted by Crippen LogP contribution is 2.21. The maximum atomic E-state index is 10.9. The molecule has 3 N–H and O–H groups in total. The fourth-order valence-corrected chi connectivity index (χ4v) is 1.94. The van der Waals surface area contributed by atoms with Gasteiger partial charge in [-0.1, -0.05) is 0 Å². The molecule has 1 amide bonds. The van der Waals surface area contributed by atoms with Crippen molar-refractivity contribution in [1.29, 1.82) is 0 Å². The van der Waals surface area contributed by atoms with Crippen LogP contribution in [0.1, 0.15) is 13.3 Å². The van der Waals surface area contributed by atoms with Gasteiger partial charge in [-0.15, -0.1) is 0 Å². The normalized spacial score (nSPS) is 19.8. The van der Waals surface area contributed by atoms with E-state index in [9.17, 15) is 4.79 Å². The van der Waals surface area contributed by atoms with Crippen LogP contribution in [0.5, 0.6) is 0 Å². The van der Waals surface area contributed by atoms with Gasteiger partial charge in [0.15, 0.2) is 11.6 Å². The lowest BCUT2D eigenvalue weighted by Crippen LogP contribution is -2.35. The quantitative estimate of drug-likeness (QED) is 0.721. The summed E-state index contributed by atoms with van der Waals surface area (Å²) >= 11 is 0. The van der Waals surface area contributed by atoms with E-state index in [4.69, 9.17) is 5.73 Å². The number of anilines is 2. The number of nitrogens with one attached hydrogen (secondary N) is 1. The van der Waals surface area contributed by atoms with Gasteiger partial charge in [-0.05, 0) is 6.42 Å². The molecule has 0 spiro atoms. The molecule has 1 aliphatic rings. The second-order valence-corrected chi connectivity index (χ2v) is 3.90. The number of nitrogens with zero attached hydrogens (tertiary/aromatic N) is 3. The van der Waals surface area contributed by atoms with E-state index in [1.54, 1.807) is 12.4 Å². The molecular weight excluding hydrogens is 206 g/mol. The van der Waals surface area contributed by atoms with E-state index in [1.165, 1.54) is 6.92 Å². The minimum absolute atomic E-state index is 0.000956. The second kappa shape index (κ2) is 4.34. The molecule has 0 radical (unpaired) electrons. The number of carbonyl (C=O) groups excluding carboxylic acids is 1. The largest absolute Gasteiger partial charge is 0.381 e. The van der Waals surface area contributed by atoms with Crippen molar-refractivity contribution in [3.8, 4) is 0 Å². The van der Waals surface area contributed by atoms with Crippen molar-refractivity contribution in [2.45, 2.75) is 19.4 Å². The Bertz CT molecular complexity index is 395. The standard InChI is InChI=1S/C10H15N5O/c1-7(16)14-8-2-5-15(6-8)10-9(11)12-3-4-13-10/h3-4,8H,2,5-6H2,1H3,(H2,11,12)(H,14,16). The summed E-state index contributed by atoms with van der Waals surface area (Å²) in [5.41, 5.74) is 5.74. The lowest BCUT2D eigenvalue weighted by molar-refractivity contribution is -0.119. The molecule has 2 heterocycles. The van der Waals surface area contributed by atoms with Crippen LogP contribution < -0.4 is 16.0 Å². The van der Waals surface area contributed by atoms with Gasteiger partial charge in [-0.2, -0.15) is 0 Å². The lowest BCUT2D eigenvalue weighted by Gasteiger charge is -2.18. The van der Waals surface area contributed by atoms with Crippen LogP contribution in [0.2, 0.25) is 0 Å². The third-order valence-electron chi connectivity index (χ3n) is 2.60. The summed E-state index contributed by atoms with van der Waals surface area (Å²) < 4.78 is 0. The molecule has 0 aliphatic carbocycles. The van der Waals surface area contributed by atoms with Crippen LogP contribution in [-0.2, 0) is 4.79 Å². The van der Waals surface area contributed by atoms with Gasteiger partial charge in [-0.3, -0.25) is 4.79 Å². The fraction of sp³-hybridized carbons (Fsp3) is 0.500. The first-order valence-electron chi connectivity index (χ1n) is 5.25. The molecule has 1 aromatic heterocycles. The SMILES string of the molecule is CC(=O)NC1CCN(c2nccnc2N)C1. The number of aromatic nitrogens is 2. The van der Waals surface area contributed by atoms with Crippen molar-refractivity contribution < 1.29 is 4.79 Å². The molecule has 86 valence electrons.